The molecule has 0 rings (SSSR count). The fourth-order valence-corrected chi connectivity index (χ4v) is 5.11. The topological polar surface area (TPSA) is 91.3 Å². The molecule has 0 saturated heterocycles. The first kappa shape index (κ1) is 44.5. The SMILES string of the molecule is CC/C=C\C/C=C\C/C=C\C/C=C\CCCCCOCC(COP(=O)(O)OCC[N+](C)(C)C)OC(=O)CCCCCCCCCC. The lowest BCUT2D eigenvalue weighted by atomic mass is 10.1. The summed E-state index contributed by atoms with van der Waals surface area (Å²) in [6.45, 7) is 5.37. The van der Waals surface area contributed by atoms with Crippen molar-refractivity contribution < 1.29 is 37.3 Å². The maximum absolute atomic E-state index is 12.5. The molecule has 0 aromatic rings. The third kappa shape index (κ3) is 33.8. The summed E-state index contributed by atoms with van der Waals surface area (Å²) in [4.78, 5) is 22.6. The van der Waals surface area contributed by atoms with E-state index in [4.69, 9.17) is 18.5 Å². The fraction of sp³-hybridized carbons (Fsp3) is 0.757. The number of esters is 1. The van der Waals surface area contributed by atoms with Crippen molar-refractivity contribution in [1.82, 2.24) is 0 Å². The van der Waals surface area contributed by atoms with E-state index in [1.54, 1.807) is 0 Å². The average Bonchev–Trinajstić information content (AvgIpc) is 2.99. The number of quaternary nitrogens is 1. The van der Waals surface area contributed by atoms with Gasteiger partial charge in [-0.15, -0.1) is 0 Å². The van der Waals surface area contributed by atoms with E-state index in [9.17, 15) is 14.3 Å². The molecule has 268 valence electrons. The molecule has 8 nitrogen and oxygen atoms in total. The minimum Gasteiger partial charge on any atom is -0.457 e. The molecule has 0 saturated carbocycles. The number of carbonyl (C=O) groups is 1. The molecule has 1 N–H and O–H groups in total. The van der Waals surface area contributed by atoms with Crippen molar-refractivity contribution >= 4 is 13.8 Å². The van der Waals surface area contributed by atoms with Gasteiger partial charge in [0.25, 0.3) is 0 Å². The molecule has 0 bridgehead atoms. The second-order valence-corrected chi connectivity index (χ2v) is 14.3. The van der Waals surface area contributed by atoms with E-state index in [0.717, 1.165) is 70.6 Å². The summed E-state index contributed by atoms with van der Waals surface area (Å²) >= 11 is 0. The molecule has 0 aliphatic rings. The fourth-order valence-electron chi connectivity index (χ4n) is 4.36. The zero-order valence-electron chi connectivity index (χ0n) is 30.0. The maximum Gasteiger partial charge on any atom is 0.472 e. The van der Waals surface area contributed by atoms with Gasteiger partial charge in [0.15, 0.2) is 0 Å². The third-order valence-electron chi connectivity index (χ3n) is 7.15. The summed E-state index contributed by atoms with van der Waals surface area (Å²) in [5.41, 5.74) is 0. The number of rotatable bonds is 32. The van der Waals surface area contributed by atoms with E-state index in [1.165, 1.54) is 32.1 Å². The zero-order valence-corrected chi connectivity index (χ0v) is 30.9. The highest BCUT2D eigenvalue weighted by Crippen LogP contribution is 2.43. The van der Waals surface area contributed by atoms with Crippen molar-refractivity contribution in [1.29, 1.82) is 0 Å². The molecule has 0 heterocycles. The Hall–Kier alpha value is -1.54. The van der Waals surface area contributed by atoms with Crippen LogP contribution in [0.15, 0.2) is 48.6 Å². The highest BCUT2D eigenvalue weighted by Gasteiger charge is 2.26. The van der Waals surface area contributed by atoms with Crippen molar-refractivity contribution in [3.05, 3.63) is 48.6 Å². The Morgan fingerprint density at radius 2 is 1.26 bits per heavy atom. The predicted octanol–water partition coefficient (Wildman–Crippen LogP) is 9.65. The lowest BCUT2D eigenvalue weighted by Crippen LogP contribution is -2.37. The van der Waals surface area contributed by atoms with Crippen LogP contribution in [0, 0.1) is 0 Å². The van der Waals surface area contributed by atoms with Crippen LogP contribution in [0.25, 0.3) is 0 Å². The van der Waals surface area contributed by atoms with Crippen molar-refractivity contribution in [3.63, 3.8) is 0 Å². The van der Waals surface area contributed by atoms with Gasteiger partial charge in [-0.2, -0.15) is 0 Å². The molecule has 9 heteroatoms. The second-order valence-electron chi connectivity index (χ2n) is 12.9. The number of phosphoric acid groups is 1. The molecule has 0 spiro atoms. The van der Waals surface area contributed by atoms with Gasteiger partial charge in [-0.3, -0.25) is 13.8 Å². The maximum atomic E-state index is 12.5. The minimum absolute atomic E-state index is 0.0809. The summed E-state index contributed by atoms with van der Waals surface area (Å²) in [7, 11) is 1.64. The lowest BCUT2D eigenvalue weighted by molar-refractivity contribution is -0.870. The van der Waals surface area contributed by atoms with Crippen LogP contribution in [0.2, 0.25) is 0 Å². The largest absolute Gasteiger partial charge is 0.472 e. The first-order valence-corrected chi connectivity index (χ1v) is 19.4. The van der Waals surface area contributed by atoms with Crippen LogP contribution in [0.5, 0.6) is 0 Å². The number of phosphoric ester groups is 1. The zero-order chi connectivity index (χ0) is 34.2. The Morgan fingerprint density at radius 1 is 0.696 bits per heavy atom. The van der Waals surface area contributed by atoms with E-state index >= 15 is 0 Å². The Bertz CT molecular complexity index is 879. The molecule has 46 heavy (non-hydrogen) atoms. The number of nitrogens with zero attached hydrogens (tertiary/aromatic N) is 1. The van der Waals surface area contributed by atoms with E-state index in [0.29, 0.717) is 24.1 Å². The number of unbranched alkanes of at least 4 members (excludes halogenated alkanes) is 10. The number of hydrogen-bond acceptors (Lipinski definition) is 6. The molecule has 2 atom stereocenters. The highest BCUT2D eigenvalue weighted by molar-refractivity contribution is 7.47. The first-order valence-electron chi connectivity index (χ1n) is 17.9. The third-order valence-corrected chi connectivity index (χ3v) is 8.14. The Balaban J connectivity index is 4.36. The lowest BCUT2D eigenvalue weighted by Gasteiger charge is -2.24. The highest BCUT2D eigenvalue weighted by atomic mass is 31.2. The molecule has 0 amide bonds. The normalized spacial score (nSPS) is 14.7. The number of likely N-dealkylation sites (N-methyl/N-ethyl adjacent to an activating group) is 1. The number of ether oxygens (including phenoxy) is 2. The molecule has 2 unspecified atom stereocenters. The van der Waals surface area contributed by atoms with Gasteiger partial charge < -0.3 is 18.9 Å². The van der Waals surface area contributed by atoms with Gasteiger partial charge in [0.2, 0.25) is 0 Å². The molecular formula is C37H69NO7P+. The van der Waals surface area contributed by atoms with E-state index in [1.807, 2.05) is 21.1 Å². The van der Waals surface area contributed by atoms with Crippen LogP contribution in [-0.4, -0.2) is 75.6 Å². The molecule has 0 aliphatic carbocycles. The second kappa shape index (κ2) is 30.8. The van der Waals surface area contributed by atoms with Crippen molar-refractivity contribution in [3.8, 4) is 0 Å². The van der Waals surface area contributed by atoms with Gasteiger partial charge in [0.1, 0.15) is 19.3 Å². The van der Waals surface area contributed by atoms with Gasteiger partial charge >= 0.3 is 13.8 Å². The summed E-state index contributed by atoms with van der Waals surface area (Å²) in [5, 5.41) is 0. The molecule has 0 fully saturated rings. The minimum atomic E-state index is -4.27. The predicted molar refractivity (Wildman–Crippen MR) is 192 cm³/mol. The quantitative estimate of drug-likeness (QED) is 0.0251. The van der Waals surface area contributed by atoms with Gasteiger partial charge in [-0.1, -0.05) is 114 Å². The Kier molecular flexibility index (Phi) is 29.7. The molecular weight excluding hydrogens is 601 g/mol. The van der Waals surface area contributed by atoms with Crippen LogP contribution >= 0.6 is 7.82 Å². The number of carbonyl (C=O) groups excluding carboxylic acids is 1. The molecule has 0 aliphatic heterocycles. The summed E-state index contributed by atoms with van der Waals surface area (Å²) in [6.07, 6.45) is 34.4. The van der Waals surface area contributed by atoms with Crippen LogP contribution in [0.1, 0.15) is 123 Å². The standard InChI is InChI=1S/C37H68NO7P/c1-6-8-10-12-14-16-17-18-19-20-21-22-23-25-27-29-32-42-34-36(35-44-46(40,41)43-33-31-38(3,4)5)45-37(39)30-28-26-24-15-13-11-9-7-2/h8,10,14,16,18-19,21-22,36H,6-7,9,11-13,15,17,20,23-35H2,1-5H3/p+1/b10-8-,16-14-,19-18-,22-21-. The molecule has 0 aromatic heterocycles. The monoisotopic (exact) mass is 670 g/mol. The van der Waals surface area contributed by atoms with Crippen LogP contribution < -0.4 is 0 Å². The van der Waals surface area contributed by atoms with Gasteiger partial charge in [0.05, 0.1) is 34.4 Å². The summed E-state index contributed by atoms with van der Waals surface area (Å²) < 4.78 is 34.7. The van der Waals surface area contributed by atoms with Crippen LogP contribution in [0.4, 0.5) is 0 Å². The van der Waals surface area contributed by atoms with E-state index < -0.39 is 13.9 Å². The van der Waals surface area contributed by atoms with Gasteiger partial charge in [0, 0.05) is 13.0 Å². The van der Waals surface area contributed by atoms with Gasteiger partial charge in [-0.05, 0) is 51.4 Å². The van der Waals surface area contributed by atoms with Crippen LogP contribution in [0.3, 0.4) is 0 Å². The summed E-state index contributed by atoms with van der Waals surface area (Å²) in [6, 6.07) is 0. The number of allylic oxidation sites excluding steroid dienone is 8. The molecule has 0 aromatic carbocycles. The average molecular weight is 671 g/mol. The van der Waals surface area contributed by atoms with E-state index in [-0.39, 0.29) is 25.8 Å². The van der Waals surface area contributed by atoms with Crippen molar-refractivity contribution in [2.75, 3.05) is 54.1 Å². The van der Waals surface area contributed by atoms with Crippen molar-refractivity contribution in [2.45, 2.75) is 129 Å². The first-order chi connectivity index (χ1) is 22.1. The Morgan fingerprint density at radius 3 is 1.87 bits per heavy atom. The molecule has 0 radical (unpaired) electrons. The van der Waals surface area contributed by atoms with Crippen molar-refractivity contribution in [2.24, 2.45) is 0 Å². The Labute approximate surface area is 282 Å². The number of hydrogen-bond donors (Lipinski definition) is 1. The summed E-state index contributed by atoms with van der Waals surface area (Å²) in [5.74, 6) is -0.333. The van der Waals surface area contributed by atoms with Gasteiger partial charge in [-0.25, -0.2) is 4.57 Å². The smallest absolute Gasteiger partial charge is 0.457 e. The van der Waals surface area contributed by atoms with Crippen LogP contribution in [-0.2, 0) is 27.9 Å². The van der Waals surface area contributed by atoms with E-state index in [2.05, 4.69) is 62.5 Å².